The number of thioether (sulfide) groups is 1. The van der Waals surface area contributed by atoms with Crippen LogP contribution in [0.1, 0.15) is 6.42 Å². The number of carboxylic acid groups (broad SMARTS) is 1. The molecular weight excluding hydrogens is 302 g/mol. The number of hydrogen-bond donors (Lipinski definition) is 2. The monoisotopic (exact) mass is 317 g/mol. The number of carbonyl (C=O) groups excluding carboxylic acids is 1. The van der Waals surface area contributed by atoms with Crippen LogP contribution in [-0.4, -0.2) is 42.5 Å². The normalized spacial score (nSPS) is 11.9. The van der Waals surface area contributed by atoms with Gasteiger partial charge >= 0.3 is 5.97 Å². The minimum atomic E-state index is -0.957. The number of aliphatic carboxylic acids is 1. The van der Waals surface area contributed by atoms with Crippen molar-refractivity contribution in [3.63, 3.8) is 0 Å². The van der Waals surface area contributed by atoms with Crippen molar-refractivity contribution < 1.29 is 19.4 Å². The van der Waals surface area contributed by atoms with Crippen LogP contribution in [0.4, 0.5) is 0 Å². The summed E-state index contributed by atoms with van der Waals surface area (Å²) in [6.45, 7) is 0.183. The van der Waals surface area contributed by atoms with Crippen LogP contribution in [0.3, 0.4) is 0 Å². The predicted octanol–water partition coefficient (Wildman–Crippen LogP) is 2.04. The van der Waals surface area contributed by atoms with Gasteiger partial charge in [-0.15, -0.1) is 11.8 Å². The lowest BCUT2D eigenvalue weighted by Crippen LogP contribution is -2.35. The highest BCUT2D eigenvalue weighted by atomic mass is 35.5. The Balaban J connectivity index is 2.29. The summed E-state index contributed by atoms with van der Waals surface area (Å²) in [6.07, 6.45) is -0.654. The van der Waals surface area contributed by atoms with Gasteiger partial charge < -0.3 is 15.2 Å². The third kappa shape index (κ3) is 6.79. The number of nitrogens with one attached hydrogen (secondary N) is 1. The van der Waals surface area contributed by atoms with Crippen molar-refractivity contribution >= 4 is 35.2 Å². The molecule has 2 N–H and O–H groups in total. The van der Waals surface area contributed by atoms with Gasteiger partial charge in [0.2, 0.25) is 5.91 Å². The van der Waals surface area contributed by atoms with Gasteiger partial charge in [0.05, 0.1) is 18.3 Å². The lowest BCUT2D eigenvalue weighted by Gasteiger charge is -2.13. The molecule has 0 heterocycles. The number of rotatable bonds is 8. The first-order valence-electron chi connectivity index (χ1n) is 5.91. The SMILES string of the molecule is COC(CNC(=O)CSc1ccc(Cl)cc1)CC(=O)O. The van der Waals surface area contributed by atoms with E-state index in [1.807, 2.05) is 12.1 Å². The molecule has 1 atom stereocenters. The molecule has 1 rings (SSSR count). The average Bonchev–Trinajstić information content (AvgIpc) is 2.42. The van der Waals surface area contributed by atoms with E-state index < -0.39 is 12.1 Å². The summed E-state index contributed by atoms with van der Waals surface area (Å²) in [7, 11) is 1.42. The smallest absolute Gasteiger partial charge is 0.306 e. The lowest BCUT2D eigenvalue weighted by atomic mass is 10.2. The zero-order chi connectivity index (χ0) is 15.0. The van der Waals surface area contributed by atoms with Gasteiger partial charge in [0.1, 0.15) is 0 Å². The summed E-state index contributed by atoms with van der Waals surface area (Å²) in [4.78, 5) is 23.1. The molecule has 7 heteroatoms. The maximum Gasteiger partial charge on any atom is 0.306 e. The summed E-state index contributed by atoms with van der Waals surface area (Å²) >= 11 is 7.15. The quantitative estimate of drug-likeness (QED) is 0.718. The van der Waals surface area contributed by atoms with E-state index in [-0.39, 0.29) is 24.6 Å². The maximum atomic E-state index is 11.6. The molecular formula is C13H16ClNO4S. The first-order chi connectivity index (χ1) is 9.51. The molecule has 20 heavy (non-hydrogen) atoms. The molecule has 110 valence electrons. The van der Waals surface area contributed by atoms with Crippen LogP contribution >= 0.6 is 23.4 Å². The summed E-state index contributed by atoms with van der Waals surface area (Å²) in [5, 5.41) is 11.9. The van der Waals surface area contributed by atoms with Crippen molar-refractivity contribution in [3.05, 3.63) is 29.3 Å². The van der Waals surface area contributed by atoms with Crippen molar-refractivity contribution in [2.45, 2.75) is 17.4 Å². The Morgan fingerprint density at radius 1 is 1.40 bits per heavy atom. The molecule has 0 aliphatic carbocycles. The van der Waals surface area contributed by atoms with Crippen molar-refractivity contribution in [1.82, 2.24) is 5.32 Å². The van der Waals surface area contributed by atoms with Gasteiger partial charge in [0.15, 0.2) is 0 Å². The van der Waals surface area contributed by atoms with Crippen LogP contribution in [0.5, 0.6) is 0 Å². The number of ether oxygens (including phenoxy) is 1. The lowest BCUT2D eigenvalue weighted by molar-refractivity contribution is -0.140. The fourth-order valence-corrected chi connectivity index (χ4v) is 2.25. The molecule has 0 aromatic heterocycles. The average molecular weight is 318 g/mol. The van der Waals surface area contributed by atoms with E-state index in [2.05, 4.69) is 5.32 Å². The summed E-state index contributed by atoms with van der Waals surface area (Å²) in [5.41, 5.74) is 0. The Morgan fingerprint density at radius 2 is 2.05 bits per heavy atom. The molecule has 0 radical (unpaired) electrons. The Morgan fingerprint density at radius 3 is 2.60 bits per heavy atom. The fourth-order valence-electron chi connectivity index (χ4n) is 1.39. The van der Waals surface area contributed by atoms with Gasteiger partial charge in [-0.2, -0.15) is 0 Å². The number of hydrogen-bond acceptors (Lipinski definition) is 4. The minimum absolute atomic E-state index is 0.138. The Bertz CT molecular complexity index is 452. The second-order valence-corrected chi connectivity index (χ2v) is 5.49. The van der Waals surface area contributed by atoms with Crippen LogP contribution < -0.4 is 5.32 Å². The zero-order valence-electron chi connectivity index (χ0n) is 11.0. The summed E-state index contributed by atoms with van der Waals surface area (Å²) in [6, 6.07) is 7.19. The van der Waals surface area contributed by atoms with Crippen LogP contribution in [0, 0.1) is 0 Å². The highest BCUT2D eigenvalue weighted by Gasteiger charge is 2.13. The second-order valence-electron chi connectivity index (χ2n) is 4.00. The molecule has 1 unspecified atom stereocenters. The molecule has 0 spiro atoms. The van der Waals surface area contributed by atoms with E-state index in [1.54, 1.807) is 12.1 Å². The first kappa shape index (κ1) is 16.8. The third-order valence-electron chi connectivity index (χ3n) is 2.45. The number of halogens is 1. The van der Waals surface area contributed by atoms with Crippen LogP contribution in [0.25, 0.3) is 0 Å². The van der Waals surface area contributed by atoms with E-state index in [4.69, 9.17) is 21.4 Å². The van der Waals surface area contributed by atoms with Crippen LogP contribution in [0.15, 0.2) is 29.2 Å². The van der Waals surface area contributed by atoms with E-state index in [0.29, 0.717) is 5.02 Å². The van der Waals surface area contributed by atoms with Crippen molar-refractivity contribution in [3.8, 4) is 0 Å². The van der Waals surface area contributed by atoms with Crippen molar-refractivity contribution in [2.75, 3.05) is 19.4 Å². The van der Waals surface area contributed by atoms with Crippen LogP contribution in [-0.2, 0) is 14.3 Å². The molecule has 1 aromatic carbocycles. The summed E-state index contributed by atoms with van der Waals surface area (Å²) < 4.78 is 4.97. The minimum Gasteiger partial charge on any atom is -0.481 e. The van der Waals surface area contributed by atoms with Gasteiger partial charge in [-0.1, -0.05) is 11.6 Å². The van der Waals surface area contributed by atoms with Crippen molar-refractivity contribution in [1.29, 1.82) is 0 Å². The molecule has 5 nitrogen and oxygen atoms in total. The number of carbonyl (C=O) groups is 2. The molecule has 1 aromatic rings. The molecule has 0 saturated heterocycles. The maximum absolute atomic E-state index is 11.6. The Labute approximate surface area is 126 Å². The molecule has 0 saturated carbocycles. The number of carboxylic acids is 1. The van der Waals surface area contributed by atoms with Gasteiger partial charge in [-0.25, -0.2) is 0 Å². The second kappa shape index (κ2) is 8.84. The van der Waals surface area contributed by atoms with E-state index >= 15 is 0 Å². The topological polar surface area (TPSA) is 75.6 Å². The van der Waals surface area contributed by atoms with Gasteiger partial charge in [0, 0.05) is 23.6 Å². The van der Waals surface area contributed by atoms with Gasteiger partial charge in [-0.05, 0) is 24.3 Å². The molecule has 0 aliphatic rings. The van der Waals surface area contributed by atoms with E-state index in [9.17, 15) is 9.59 Å². The standard InChI is InChI=1S/C13H16ClNO4S/c1-19-10(6-13(17)18)7-15-12(16)8-20-11-4-2-9(14)3-5-11/h2-5,10H,6-8H2,1H3,(H,15,16)(H,17,18). The predicted molar refractivity (Wildman–Crippen MR) is 78.2 cm³/mol. The highest BCUT2D eigenvalue weighted by Crippen LogP contribution is 2.19. The van der Waals surface area contributed by atoms with Gasteiger partial charge in [0.25, 0.3) is 0 Å². The highest BCUT2D eigenvalue weighted by molar-refractivity contribution is 8.00. The van der Waals surface area contributed by atoms with Crippen molar-refractivity contribution in [2.24, 2.45) is 0 Å². The molecule has 0 fully saturated rings. The molecule has 1 amide bonds. The third-order valence-corrected chi connectivity index (χ3v) is 3.71. The number of methoxy groups -OCH3 is 1. The van der Waals surface area contributed by atoms with Crippen LogP contribution in [0.2, 0.25) is 5.02 Å². The zero-order valence-corrected chi connectivity index (χ0v) is 12.5. The number of amides is 1. The Kier molecular flexibility index (Phi) is 7.43. The van der Waals surface area contributed by atoms with E-state index in [0.717, 1.165) is 4.90 Å². The summed E-state index contributed by atoms with van der Waals surface area (Å²) in [5.74, 6) is -0.871. The van der Waals surface area contributed by atoms with E-state index in [1.165, 1.54) is 18.9 Å². The molecule has 0 aliphatic heterocycles. The Hall–Kier alpha value is -1.24. The largest absolute Gasteiger partial charge is 0.481 e. The number of benzene rings is 1. The molecule has 0 bridgehead atoms. The van der Waals surface area contributed by atoms with Gasteiger partial charge in [-0.3, -0.25) is 9.59 Å². The fraction of sp³-hybridized carbons (Fsp3) is 0.385. The first-order valence-corrected chi connectivity index (χ1v) is 7.27.